The fraction of sp³-hybridized carbons (Fsp3) is 0.400. The van der Waals surface area contributed by atoms with Crippen molar-refractivity contribution in [1.29, 1.82) is 0 Å². The van der Waals surface area contributed by atoms with Crippen LogP contribution in [0.1, 0.15) is 46.5 Å². The molecule has 28 heavy (non-hydrogen) atoms. The van der Waals surface area contributed by atoms with Crippen molar-refractivity contribution in [2.24, 2.45) is 0 Å². The summed E-state index contributed by atoms with van der Waals surface area (Å²) in [6.07, 6.45) is 8.17. The van der Waals surface area contributed by atoms with Crippen LogP contribution in [-0.4, -0.2) is 53.6 Å². The Morgan fingerprint density at radius 1 is 1.14 bits per heavy atom. The van der Waals surface area contributed by atoms with Crippen molar-refractivity contribution in [2.45, 2.75) is 38.6 Å². The van der Waals surface area contributed by atoms with E-state index in [2.05, 4.69) is 25.0 Å². The van der Waals surface area contributed by atoms with E-state index in [1.807, 2.05) is 28.6 Å². The molecule has 5 rings (SSSR count). The lowest BCUT2D eigenvalue weighted by Gasteiger charge is -2.20. The molecule has 8 nitrogen and oxygen atoms in total. The third-order valence-electron chi connectivity index (χ3n) is 5.31. The molecule has 0 spiro atoms. The second kappa shape index (κ2) is 6.78. The predicted octanol–water partition coefficient (Wildman–Crippen LogP) is 2.01. The summed E-state index contributed by atoms with van der Waals surface area (Å²) in [5, 5.41) is 4.64. The first-order valence-electron chi connectivity index (χ1n) is 9.66. The van der Waals surface area contributed by atoms with Crippen LogP contribution < -0.4 is 0 Å². The average Bonchev–Trinajstić information content (AvgIpc) is 3.52. The fourth-order valence-corrected chi connectivity index (χ4v) is 3.52. The summed E-state index contributed by atoms with van der Waals surface area (Å²) in [5.74, 6) is 3.05. The van der Waals surface area contributed by atoms with Crippen LogP contribution in [0.3, 0.4) is 0 Å². The van der Waals surface area contributed by atoms with E-state index in [0.717, 1.165) is 23.6 Å². The number of rotatable bonds is 3. The summed E-state index contributed by atoms with van der Waals surface area (Å²) >= 11 is 0. The molecule has 1 aliphatic carbocycles. The molecular formula is C20H21N7O. The summed E-state index contributed by atoms with van der Waals surface area (Å²) in [6, 6.07) is 3.75. The predicted molar refractivity (Wildman–Crippen MR) is 102 cm³/mol. The molecule has 0 unspecified atom stereocenters. The van der Waals surface area contributed by atoms with Gasteiger partial charge in [0.1, 0.15) is 5.82 Å². The molecule has 0 atom stereocenters. The molecule has 142 valence electrons. The van der Waals surface area contributed by atoms with Gasteiger partial charge in [-0.3, -0.25) is 9.78 Å². The number of pyridine rings is 1. The van der Waals surface area contributed by atoms with Crippen molar-refractivity contribution in [2.75, 3.05) is 13.1 Å². The zero-order valence-electron chi connectivity index (χ0n) is 15.7. The van der Waals surface area contributed by atoms with Crippen LogP contribution in [-0.2, 0) is 13.0 Å². The Balaban J connectivity index is 1.33. The minimum Gasteiger partial charge on any atom is -0.336 e. The first-order chi connectivity index (χ1) is 13.7. The summed E-state index contributed by atoms with van der Waals surface area (Å²) in [4.78, 5) is 32.6. The van der Waals surface area contributed by atoms with Gasteiger partial charge >= 0.3 is 0 Å². The highest BCUT2D eigenvalue weighted by molar-refractivity contribution is 5.95. The average molecular weight is 375 g/mol. The van der Waals surface area contributed by atoms with E-state index in [1.165, 1.54) is 12.8 Å². The number of hydrogen-bond acceptors (Lipinski definition) is 6. The molecule has 4 heterocycles. The maximum Gasteiger partial charge on any atom is 0.257 e. The molecule has 1 saturated carbocycles. The van der Waals surface area contributed by atoms with Crippen LogP contribution in [0, 0.1) is 6.92 Å². The number of carbonyl (C=O) groups is 1. The van der Waals surface area contributed by atoms with Gasteiger partial charge in [-0.25, -0.2) is 19.6 Å². The van der Waals surface area contributed by atoms with Gasteiger partial charge in [-0.15, -0.1) is 0 Å². The molecule has 0 N–H and O–H groups in total. The molecule has 1 aliphatic heterocycles. The minimum atomic E-state index is -0.0385. The number of fused-ring (bicyclic) bond motifs is 1. The highest BCUT2D eigenvalue weighted by Crippen LogP contribution is 2.38. The fourth-order valence-electron chi connectivity index (χ4n) is 3.52. The molecule has 8 heteroatoms. The Morgan fingerprint density at radius 3 is 2.79 bits per heavy atom. The SMILES string of the molecule is Cc1nc(-c2cccnc2)ncc1C(=O)N1CCc2nc(C3CC3)nn2CC1. The van der Waals surface area contributed by atoms with Crippen LogP contribution in [0.4, 0.5) is 0 Å². The van der Waals surface area contributed by atoms with Crippen molar-refractivity contribution in [3.63, 3.8) is 0 Å². The van der Waals surface area contributed by atoms with Crippen molar-refractivity contribution in [3.05, 3.63) is 53.6 Å². The molecule has 2 aliphatic rings. The maximum atomic E-state index is 13.1. The van der Waals surface area contributed by atoms with Crippen molar-refractivity contribution < 1.29 is 4.79 Å². The highest BCUT2D eigenvalue weighted by atomic mass is 16.2. The molecule has 3 aromatic rings. The highest BCUT2D eigenvalue weighted by Gasteiger charge is 2.30. The summed E-state index contributed by atoms with van der Waals surface area (Å²) in [7, 11) is 0. The van der Waals surface area contributed by atoms with Gasteiger partial charge in [0.15, 0.2) is 11.6 Å². The van der Waals surface area contributed by atoms with E-state index in [-0.39, 0.29) is 5.91 Å². The van der Waals surface area contributed by atoms with Crippen LogP contribution in [0.5, 0.6) is 0 Å². The first-order valence-corrected chi connectivity index (χ1v) is 9.66. The zero-order valence-corrected chi connectivity index (χ0v) is 15.7. The lowest BCUT2D eigenvalue weighted by molar-refractivity contribution is 0.0756. The van der Waals surface area contributed by atoms with Crippen LogP contribution in [0.25, 0.3) is 11.4 Å². The van der Waals surface area contributed by atoms with E-state index in [0.29, 0.717) is 42.6 Å². The van der Waals surface area contributed by atoms with Gasteiger partial charge < -0.3 is 4.90 Å². The van der Waals surface area contributed by atoms with E-state index in [4.69, 9.17) is 0 Å². The summed E-state index contributed by atoms with van der Waals surface area (Å²) in [5.41, 5.74) is 2.05. The zero-order chi connectivity index (χ0) is 19.1. The smallest absolute Gasteiger partial charge is 0.257 e. The van der Waals surface area contributed by atoms with E-state index in [1.54, 1.807) is 18.6 Å². The Labute approximate surface area is 162 Å². The number of hydrogen-bond donors (Lipinski definition) is 0. The van der Waals surface area contributed by atoms with E-state index >= 15 is 0 Å². The second-order valence-electron chi connectivity index (χ2n) is 7.36. The van der Waals surface area contributed by atoms with Gasteiger partial charge in [-0.2, -0.15) is 5.10 Å². The number of amides is 1. The quantitative estimate of drug-likeness (QED) is 0.696. The van der Waals surface area contributed by atoms with Crippen molar-refractivity contribution in [3.8, 4) is 11.4 Å². The third-order valence-corrected chi connectivity index (χ3v) is 5.31. The molecular weight excluding hydrogens is 354 g/mol. The Morgan fingerprint density at radius 2 is 2.04 bits per heavy atom. The lowest BCUT2D eigenvalue weighted by atomic mass is 10.2. The molecule has 1 amide bonds. The summed E-state index contributed by atoms with van der Waals surface area (Å²) in [6.45, 7) is 3.77. The van der Waals surface area contributed by atoms with Gasteiger partial charge in [-0.05, 0) is 31.9 Å². The van der Waals surface area contributed by atoms with Crippen LogP contribution in [0.2, 0.25) is 0 Å². The normalized spacial score (nSPS) is 16.5. The van der Waals surface area contributed by atoms with Gasteiger partial charge in [-0.1, -0.05) is 0 Å². The van der Waals surface area contributed by atoms with Gasteiger partial charge in [0.25, 0.3) is 5.91 Å². The maximum absolute atomic E-state index is 13.1. The Bertz CT molecular complexity index is 1000. The van der Waals surface area contributed by atoms with Gasteiger partial charge in [0, 0.05) is 49.6 Å². The molecule has 3 aromatic heterocycles. The number of nitrogens with zero attached hydrogens (tertiary/aromatic N) is 7. The second-order valence-corrected chi connectivity index (χ2v) is 7.36. The standard InChI is InChI=1S/C20H21N7O/c1-13-16(12-22-18(23-13)15-3-2-7-21-11-15)20(28)26-8-6-17-24-19(14-4-5-14)25-27(17)10-9-26/h2-3,7,11-12,14H,4-6,8-10H2,1H3. The van der Waals surface area contributed by atoms with Gasteiger partial charge in [0.2, 0.25) is 0 Å². The van der Waals surface area contributed by atoms with Crippen molar-refractivity contribution in [1.82, 2.24) is 34.6 Å². The van der Waals surface area contributed by atoms with Crippen LogP contribution in [0.15, 0.2) is 30.7 Å². The number of aryl methyl sites for hydroxylation is 1. The minimum absolute atomic E-state index is 0.0385. The number of carbonyl (C=O) groups excluding carboxylic acids is 1. The summed E-state index contributed by atoms with van der Waals surface area (Å²) < 4.78 is 1.97. The molecule has 0 aromatic carbocycles. The Kier molecular flexibility index (Phi) is 4.11. The third kappa shape index (κ3) is 3.15. The lowest BCUT2D eigenvalue weighted by Crippen LogP contribution is -2.34. The van der Waals surface area contributed by atoms with Crippen LogP contribution >= 0.6 is 0 Å². The van der Waals surface area contributed by atoms with Gasteiger partial charge in [0.05, 0.1) is 17.8 Å². The monoisotopic (exact) mass is 375 g/mol. The largest absolute Gasteiger partial charge is 0.336 e. The topological polar surface area (TPSA) is 89.7 Å². The van der Waals surface area contributed by atoms with E-state index in [9.17, 15) is 4.79 Å². The molecule has 0 saturated heterocycles. The molecule has 0 radical (unpaired) electrons. The van der Waals surface area contributed by atoms with Crippen molar-refractivity contribution >= 4 is 5.91 Å². The molecule has 1 fully saturated rings. The number of aromatic nitrogens is 6. The first kappa shape index (κ1) is 17.0. The Hall–Kier alpha value is -3.16. The molecule has 0 bridgehead atoms. The van der Waals surface area contributed by atoms with E-state index < -0.39 is 0 Å².